The molecule has 0 bridgehead atoms. The second-order valence-electron chi connectivity index (χ2n) is 21.2. The molecular weight excluding hydrogens is 813 g/mol. The van der Waals surface area contributed by atoms with Crippen LogP contribution in [0.4, 0.5) is 0 Å². The smallest absolute Gasteiger partial charge is 0.146 e. The summed E-state index contributed by atoms with van der Waals surface area (Å²) in [4.78, 5) is 5.65. The van der Waals surface area contributed by atoms with Gasteiger partial charge in [0.1, 0.15) is 5.65 Å². The maximum Gasteiger partial charge on any atom is 0.146 e. The van der Waals surface area contributed by atoms with Crippen molar-refractivity contribution in [1.29, 1.82) is 0 Å². The summed E-state index contributed by atoms with van der Waals surface area (Å²) in [5.41, 5.74) is 15.6. The SMILES string of the molecule is CC(C)(C)c1cc(-c2ccc3c(c2)c2ccccc2n3-c2ccccc2)c2c(c1)c1cc(C(C)(C)C)cc3c4c5c6cc7ccccc7c7c8cc9ccccc9cc8n(c5cnc4n2c13)c67. The summed E-state index contributed by atoms with van der Waals surface area (Å²) in [6.45, 7) is 14.1. The quantitative estimate of drug-likeness (QED) is 0.170. The predicted molar refractivity (Wildman–Crippen MR) is 286 cm³/mol. The first-order valence-corrected chi connectivity index (χ1v) is 23.7. The molecule has 0 aliphatic rings. The van der Waals surface area contributed by atoms with Gasteiger partial charge >= 0.3 is 0 Å². The molecule has 0 saturated heterocycles. The van der Waals surface area contributed by atoms with Crippen LogP contribution in [0.5, 0.6) is 0 Å². The number of fused-ring (bicyclic) bond motifs is 19. The molecule has 0 fully saturated rings. The van der Waals surface area contributed by atoms with Crippen LogP contribution in [0.2, 0.25) is 0 Å². The third-order valence-electron chi connectivity index (χ3n) is 15.3. The highest BCUT2D eigenvalue weighted by Gasteiger charge is 2.30. The number of hydrogen-bond donors (Lipinski definition) is 0. The Kier molecular flexibility index (Phi) is 6.94. The second kappa shape index (κ2) is 12.5. The summed E-state index contributed by atoms with van der Waals surface area (Å²) in [7, 11) is 0. The van der Waals surface area contributed by atoms with Crippen LogP contribution in [0.25, 0.3) is 136 Å². The lowest BCUT2D eigenvalue weighted by atomic mass is 9.83. The molecular formula is C63H46N4. The lowest BCUT2D eigenvalue weighted by Crippen LogP contribution is -2.11. The van der Waals surface area contributed by atoms with E-state index in [9.17, 15) is 0 Å². The number of rotatable bonds is 2. The summed E-state index contributed by atoms with van der Waals surface area (Å²) in [6, 6.07) is 61.7. The molecule has 9 aromatic carbocycles. The highest BCUT2D eigenvalue weighted by atomic mass is 15.0. The molecule has 0 aliphatic carbocycles. The maximum atomic E-state index is 5.65. The van der Waals surface area contributed by atoms with Crippen LogP contribution in [0.3, 0.4) is 0 Å². The molecule has 15 aromatic rings. The van der Waals surface area contributed by atoms with Crippen LogP contribution < -0.4 is 0 Å². The van der Waals surface area contributed by atoms with Crippen molar-refractivity contribution < 1.29 is 0 Å². The molecule has 4 nitrogen and oxygen atoms in total. The van der Waals surface area contributed by atoms with Crippen LogP contribution in [-0.2, 0) is 10.8 Å². The Labute approximate surface area is 386 Å². The van der Waals surface area contributed by atoms with E-state index in [2.05, 4.69) is 225 Å². The summed E-state index contributed by atoms with van der Waals surface area (Å²) in [5.74, 6) is 0. The third-order valence-corrected chi connectivity index (χ3v) is 15.3. The molecule has 0 atom stereocenters. The van der Waals surface area contributed by atoms with Gasteiger partial charge in [0.25, 0.3) is 0 Å². The molecule has 0 N–H and O–H groups in total. The second-order valence-corrected chi connectivity index (χ2v) is 21.2. The fourth-order valence-electron chi connectivity index (χ4n) is 12.1. The molecule has 318 valence electrons. The minimum Gasteiger partial charge on any atom is -0.309 e. The average Bonchev–Trinajstić information content (AvgIpc) is 4.12. The van der Waals surface area contributed by atoms with Crippen molar-refractivity contribution in [2.45, 2.75) is 52.4 Å². The number of para-hydroxylation sites is 2. The van der Waals surface area contributed by atoms with Crippen molar-refractivity contribution in [3.63, 3.8) is 0 Å². The number of nitrogens with zero attached hydrogens (tertiary/aromatic N) is 4. The lowest BCUT2D eigenvalue weighted by Gasteiger charge is -2.22. The van der Waals surface area contributed by atoms with E-state index in [1.54, 1.807) is 0 Å². The monoisotopic (exact) mass is 858 g/mol. The van der Waals surface area contributed by atoms with Crippen molar-refractivity contribution in [2.75, 3.05) is 0 Å². The Morgan fingerprint density at radius 1 is 0.373 bits per heavy atom. The molecule has 6 heterocycles. The zero-order valence-corrected chi connectivity index (χ0v) is 38.5. The first-order chi connectivity index (χ1) is 32.5. The van der Waals surface area contributed by atoms with E-state index >= 15 is 0 Å². The molecule has 0 spiro atoms. The molecule has 0 radical (unpaired) electrons. The zero-order chi connectivity index (χ0) is 44.8. The highest BCUT2D eigenvalue weighted by molar-refractivity contribution is 6.38. The summed E-state index contributed by atoms with van der Waals surface area (Å²) < 4.78 is 7.48. The maximum absolute atomic E-state index is 5.65. The van der Waals surface area contributed by atoms with Crippen molar-refractivity contribution in [3.8, 4) is 16.8 Å². The van der Waals surface area contributed by atoms with Crippen LogP contribution in [0.15, 0.2) is 170 Å². The normalized spacial score (nSPS) is 13.2. The summed E-state index contributed by atoms with van der Waals surface area (Å²) in [6.07, 6.45) is 2.18. The molecule has 6 aromatic heterocycles. The molecule has 0 aliphatic heterocycles. The Hall–Kier alpha value is -7.95. The van der Waals surface area contributed by atoms with Gasteiger partial charge in [-0.3, -0.25) is 4.40 Å². The van der Waals surface area contributed by atoms with Gasteiger partial charge in [-0.05, 0) is 122 Å². The standard InChI is InChI=1S/C63H46N4/c1-62(2,3)39-30-44(38-24-25-52-45(27-38)43-22-14-15-23-51(43)65(52)41-19-8-7-9-20-41)58-46(31-39)47-32-40(63(4,5)6)33-50-57-56-49-28-37-18-12-13-21-42(37)55-48-26-35-16-10-11-17-36(35)29-53(48)66(60(49)55)54(56)34-64-61(57)67(58)59(47)50/h7-34H,1-6H3. The first-order valence-electron chi connectivity index (χ1n) is 23.7. The molecule has 15 rings (SSSR count). The molecule has 67 heavy (non-hydrogen) atoms. The topological polar surface area (TPSA) is 26.6 Å². The van der Waals surface area contributed by atoms with Gasteiger partial charge in [0, 0.05) is 65.1 Å². The van der Waals surface area contributed by atoms with E-state index in [1.165, 1.54) is 136 Å². The van der Waals surface area contributed by atoms with Gasteiger partial charge in [0.15, 0.2) is 0 Å². The van der Waals surface area contributed by atoms with Crippen LogP contribution in [0.1, 0.15) is 52.7 Å². The van der Waals surface area contributed by atoms with Gasteiger partial charge in [-0.1, -0.05) is 133 Å². The fourth-order valence-corrected chi connectivity index (χ4v) is 12.1. The molecule has 0 saturated carbocycles. The van der Waals surface area contributed by atoms with E-state index in [0.29, 0.717) is 0 Å². The largest absolute Gasteiger partial charge is 0.309 e. The Morgan fingerprint density at radius 2 is 0.985 bits per heavy atom. The number of pyridine rings is 1. The zero-order valence-electron chi connectivity index (χ0n) is 38.5. The van der Waals surface area contributed by atoms with Gasteiger partial charge in [-0.15, -0.1) is 0 Å². The molecule has 0 unspecified atom stereocenters. The molecule has 0 amide bonds. The van der Waals surface area contributed by atoms with Crippen molar-refractivity contribution >= 4 is 120 Å². The minimum atomic E-state index is -0.0888. The van der Waals surface area contributed by atoms with Gasteiger partial charge in [-0.25, -0.2) is 4.98 Å². The Balaban J connectivity index is 1.13. The van der Waals surface area contributed by atoms with Gasteiger partial charge in [0.05, 0.1) is 44.8 Å². The van der Waals surface area contributed by atoms with E-state index in [-0.39, 0.29) is 10.8 Å². The Bertz CT molecular complexity index is 4620. The fraction of sp³-hybridized carbons (Fsp3) is 0.127. The van der Waals surface area contributed by atoms with Crippen molar-refractivity contribution in [1.82, 2.24) is 18.4 Å². The lowest BCUT2D eigenvalue weighted by molar-refractivity contribution is 0.591. The average molecular weight is 859 g/mol. The van der Waals surface area contributed by atoms with E-state index in [1.807, 2.05) is 0 Å². The van der Waals surface area contributed by atoms with E-state index in [0.717, 1.165) is 11.2 Å². The number of hydrogen-bond acceptors (Lipinski definition) is 1. The third kappa shape index (κ3) is 4.79. The predicted octanol–water partition coefficient (Wildman–Crippen LogP) is 17.0. The number of aromatic nitrogens is 4. The summed E-state index contributed by atoms with van der Waals surface area (Å²) in [5, 5.41) is 17.8. The molecule has 4 heteroatoms. The van der Waals surface area contributed by atoms with E-state index in [4.69, 9.17) is 4.98 Å². The first kappa shape index (κ1) is 37.3. The van der Waals surface area contributed by atoms with Gasteiger partial charge < -0.3 is 8.97 Å². The summed E-state index contributed by atoms with van der Waals surface area (Å²) >= 11 is 0. The van der Waals surface area contributed by atoms with Crippen molar-refractivity contribution in [2.24, 2.45) is 0 Å². The highest BCUT2D eigenvalue weighted by Crippen LogP contribution is 2.51. The van der Waals surface area contributed by atoms with Crippen LogP contribution in [-0.4, -0.2) is 18.4 Å². The van der Waals surface area contributed by atoms with Crippen molar-refractivity contribution in [3.05, 3.63) is 181 Å². The van der Waals surface area contributed by atoms with Gasteiger partial charge in [-0.2, -0.15) is 0 Å². The number of benzene rings is 9. The van der Waals surface area contributed by atoms with Crippen LogP contribution in [0, 0.1) is 0 Å². The van der Waals surface area contributed by atoms with E-state index < -0.39 is 0 Å². The Morgan fingerprint density at radius 3 is 1.76 bits per heavy atom. The van der Waals surface area contributed by atoms with Gasteiger partial charge in [0.2, 0.25) is 0 Å². The minimum absolute atomic E-state index is 0.0839. The van der Waals surface area contributed by atoms with Crippen LogP contribution >= 0.6 is 0 Å².